The summed E-state index contributed by atoms with van der Waals surface area (Å²) in [5.41, 5.74) is 0. The van der Waals surface area contributed by atoms with Crippen molar-refractivity contribution >= 4 is 20.6 Å². The van der Waals surface area contributed by atoms with E-state index >= 15 is 0 Å². The molecule has 8 heteroatoms. The van der Waals surface area contributed by atoms with Crippen LogP contribution in [0.15, 0.2) is 0 Å². The fourth-order valence-corrected chi connectivity index (χ4v) is 5.00. The number of hydrogen-bond donors (Lipinski definition) is 0. The van der Waals surface area contributed by atoms with E-state index in [0.717, 1.165) is 6.29 Å². The maximum Gasteiger partial charge on any atom is 0.310 e. The molecule has 0 saturated carbocycles. The standard InChI is InChI=1S/C21H40O7Si/c1-14-16(28-29(9,10)20(3,4)5)11-21(26-8,12-18(23)25-7)27-19(14)15(2)17(13-22)24-6/h13-17,19H,11-12H2,1-10H3/t14-,15-,16+,17-,19-,21+/m1/s1. The van der Waals surface area contributed by atoms with Gasteiger partial charge in [0.15, 0.2) is 14.1 Å². The summed E-state index contributed by atoms with van der Waals surface area (Å²) in [6, 6.07) is 0. The minimum atomic E-state index is -2.09. The SMILES string of the molecule is COC(=O)C[C@]1(OC)C[C@H](O[Si](C)(C)C(C)(C)C)[C@@H](C)[C@H]([C@H](C)[C@@H](C=O)OC)O1. The largest absolute Gasteiger partial charge is 0.469 e. The normalized spacial score (nSPS) is 30.5. The number of hydrogen-bond acceptors (Lipinski definition) is 7. The Morgan fingerprint density at radius 2 is 1.86 bits per heavy atom. The summed E-state index contributed by atoms with van der Waals surface area (Å²) in [6.07, 6.45) is -0.0559. The Morgan fingerprint density at radius 1 is 1.28 bits per heavy atom. The van der Waals surface area contributed by atoms with Gasteiger partial charge in [0.05, 0.1) is 25.7 Å². The molecule has 0 aromatic carbocycles. The third-order valence-corrected chi connectivity index (χ3v) is 11.2. The van der Waals surface area contributed by atoms with Crippen LogP contribution in [0.5, 0.6) is 0 Å². The maximum absolute atomic E-state index is 12.1. The van der Waals surface area contributed by atoms with Crippen molar-refractivity contribution in [2.75, 3.05) is 21.3 Å². The number of ether oxygens (including phenoxy) is 4. The minimum absolute atomic E-state index is 0.0161. The number of rotatable bonds is 9. The Hall–Kier alpha value is -0.803. The fraction of sp³-hybridized carbons (Fsp3) is 0.905. The Kier molecular flexibility index (Phi) is 9.05. The molecule has 0 bridgehead atoms. The first-order chi connectivity index (χ1) is 13.3. The summed E-state index contributed by atoms with van der Waals surface area (Å²) in [7, 11) is 2.28. The van der Waals surface area contributed by atoms with Crippen molar-refractivity contribution in [2.45, 2.75) is 89.7 Å². The molecule has 29 heavy (non-hydrogen) atoms. The summed E-state index contributed by atoms with van der Waals surface area (Å²) < 4.78 is 29.1. The molecule has 0 unspecified atom stereocenters. The van der Waals surface area contributed by atoms with Gasteiger partial charge in [0, 0.05) is 32.5 Å². The Labute approximate surface area is 176 Å². The highest BCUT2D eigenvalue weighted by molar-refractivity contribution is 6.74. The average Bonchev–Trinajstić information content (AvgIpc) is 2.63. The lowest BCUT2D eigenvalue weighted by Gasteiger charge is -2.51. The van der Waals surface area contributed by atoms with Gasteiger partial charge in [-0.05, 0) is 18.1 Å². The number of carbonyl (C=O) groups excluding carboxylic acids is 2. The van der Waals surface area contributed by atoms with Crippen LogP contribution in [0.2, 0.25) is 18.1 Å². The topological polar surface area (TPSA) is 80.3 Å². The van der Waals surface area contributed by atoms with Gasteiger partial charge in [-0.15, -0.1) is 0 Å². The summed E-state index contributed by atoms with van der Waals surface area (Å²) >= 11 is 0. The van der Waals surface area contributed by atoms with Gasteiger partial charge in [0.2, 0.25) is 0 Å². The highest BCUT2D eigenvalue weighted by Crippen LogP contribution is 2.45. The molecule has 1 heterocycles. The van der Waals surface area contributed by atoms with Crippen LogP contribution in [0.3, 0.4) is 0 Å². The zero-order chi connectivity index (χ0) is 22.6. The smallest absolute Gasteiger partial charge is 0.310 e. The van der Waals surface area contributed by atoms with Crippen molar-refractivity contribution in [3.05, 3.63) is 0 Å². The molecule has 0 spiro atoms. The lowest BCUT2D eigenvalue weighted by atomic mass is 9.80. The molecular formula is C21H40O7Si. The van der Waals surface area contributed by atoms with E-state index in [2.05, 4.69) is 40.8 Å². The highest BCUT2D eigenvalue weighted by atomic mass is 28.4. The van der Waals surface area contributed by atoms with E-state index in [1.807, 2.05) is 6.92 Å². The second kappa shape index (κ2) is 10.0. The van der Waals surface area contributed by atoms with Gasteiger partial charge in [-0.25, -0.2) is 0 Å². The Balaban J connectivity index is 3.32. The van der Waals surface area contributed by atoms with Crippen molar-refractivity contribution < 1.29 is 33.0 Å². The van der Waals surface area contributed by atoms with Crippen LogP contribution >= 0.6 is 0 Å². The van der Waals surface area contributed by atoms with Crippen molar-refractivity contribution in [1.29, 1.82) is 0 Å². The minimum Gasteiger partial charge on any atom is -0.469 e. The van der Waals surface area contributed by atoms with Crippen LogP contribution < -0.4 is 0 Å². The number of methoxy groups -OCH3 is 3. The molecule has 1 rings (SSSR count). The fourth-order valence-electron chi connectivity index (χ4n) is 3.59. The zero-order valence-electron chi connectivity index (χ0n) is 19.7. The van der Waals surface area contributed by atoms with Crippen LogP contribution in [0.4, 0.5) is 0 Å². The van der Waals surface area contributed by atoms with Gasteiger partial charge < -0.3 is 28.2 Å². The predicted octanol–water partition coefficient (Wildman–Crippen LogP) is 3.56. The van der Waals surface area contributed by atoms with E-state index in [0.29, 0.717) is 6.42 Å². The van der Waals surface area contributed by atoms with Crippen LogP contribution in [0, 0.1) is 11.8 Å². The number of aldehydes is 1. The molecule has 0 amide bonds. The molecule has 7 nitrogen and oxygen atoms in total. The van der Waals surface area contributed by atoms with E-state index in [9.17, 15) is 9.59 Å². The number of carbonyl (C=O) groups is 2. The first kappa shape index (κ1) is 26.2. The second-order valence-corrected chi connectivity index (χ2v) is 14.4. The molecule has 0 radical (unpaired) electrons. The first-order valence-electron chi connectivity index (χ1n) is 10.2. The zero-order valence-corrected chi connectivity index (χ0v) is 20.7. The summed E-state index contributed by atoms with van der Waals surface area (Å²) in [4.78, 5) is 23.6. The van der Waals surface area contributed by atoms with Crippen LogP contribution in [0.1, 0.15) is 47.5 Å². The average molecular weight is 433 g/mol. The molecule has 0 aromatic heterocycles. The third kappa shape index (κ3) is 6.10. The van der Waals surface area contributed by atoms with Gasteiger partial charge in [0.1, 0.15) is 12.4 Å². The van der Waals surface area contributed by atoms with Gasteiger partial charge >= 0.3 is 5.97 Å². The molecule has 1 aliphatic rings. The van der Waals surface area contributed by atoms with E-state index in [4.69, 9.17) is 23.4 Å². The van der Waals surface area contributed by atoms with Gasteiger partial charge in [0.25, 0.3) is 0 Å². The summed E-state index contributed by atoms with van der Waals surface area (Å²) in [5.74, 6) is -1.85. The monoisotopic (exact) mass is 432 g/mol. The Morgan fingerprint density at radius 3 is 2.28 bits per heavy atom. The van der Waals surface area contributed by atoms with Crippen LogP contribution in [0.25, 0.3) is 0 Å². The molecule has 1 fully saturated rings. The van der Waals surface area contributed by atoms with E-state index in [1.165, 1.54) is 21.3 Å². The lowest BCUT2D eigenvalue weighted by Crippen LogP contribution is -2.59. The molecule has 0 aliphatic carbocycles. The second-order valence-electron chi connectivity index (χ2n) is 9.63. The summed E-state index contributed by atoms with van der Waals surface area (Å²) in [5, 5.41) is 0.0298. The molecule has 1 saturated heterocycles. The quantitative estimate of drug-likeness (QED) is 0.313. The van der Waals surface area contributed by atoms with Crippen molar-refractivity contribution in [1.82, 2.24) is 0 Å². The van der Waals surface area contributed by atoms with Crippen molar-refractivity contribution in [3.8, 4) is 0 Å². The van der Waals surface area contributed by atoms with E-state index < -0.39 is 32.3 Å². The van der Waals surface area contributed by atoms with Gasteiger partial charge in [-0.1, -0.05) is 34.6 Å². The highest BCUT2D eigenvalue weighted by Gasteiger charge is 2.52. The maximum atomic E-state index is 12.1. The predicted molar refractivity (Wildman–Crippen MR) is 113 cm³/mol. The van der Waals surface area contributed by atoms with Crippen LogP contribution in [-0.2, 0) is 33.0 Å². The van der Waals surface area contributed by atoms with Crippen molar-refractivity contribution in [2.24, 2.45) is 11.8 Å². The molecule has 0 aromatic rings. The first-order valence-corrected chi connectivity index (χ1v) is 13.1. The number of esters is 1. The molecular weight excluding hydrogens is 392 g/mol. The Bertz CT molecular complexity index is 560. The van der Waals surface area contributed by atoms with Gasteiger partial charge in [-0.3, -0.25) is 4.79 Å². The molecule has 1 aliphatic heterocycles. The van der Waals surface area contributed by atoms with Gasteiger partial charge in [-0.2, -0.15) is 0 Å². The van der Waals surface area contributed by atoms with E-state index in [-0.39, 0.29) is 29.4 Å². The van der Waals surface area contributed by atoms with Crippen molar-refractivity contribution in [3.63, 3.8) is 0 Å². The molecule has 6 atom stereocenters. The third-order valence-electron chi connectivity index (χ3n) is 6.68. The van der Waals surface area contributed by atoms with E-state index in [1.54, 1.807) is 0 Å². The molecule has 170 valence electrons. The summed E-state index contributed by atoms with van der Waals surface area (Å²) in [6.45, 7) is 14.9. The lowest BCUT2D eigenvalue weighted by molar-refractivity contribution is -0.310. The molecule has 0 N–H and O–H groups in total. The van der Waals surface area contributed by atoms with Crippen LogP contribution in [-0.4, -0.2) is 66.0 Å².